The maximum absolute atomic E-state index is 13.3. The van der Waals surface area contributed by atoms with Crippen LogP contribution in [0.3, 0.4) is 0 Å². The van der Waals surface area contributed by atoms with Crippen LogP contribution >= 0.6 is 11.8 Å². The van der Waals surface area contributed by atoms with Crippen LogP contribution in [0.15, 0.2) is 83.8 Å². The molecule has 0 spiro atoms. The van der Waals surface area contributed by atoms with Crippen molar-refractivity contribution in [3.63, 3.8) is 0 Å². The smallest absolute Gasteiger partial charge is 0.244 e. The molecule has 4 rings (SSSR count). The van der Waals surface area contributed by atoms with Crippen LogP contribution in [0.25, 0.3) is 11.1 Å². The Hall–Kier alpha value is -2.28. The third-order valence-corrected chi connectivity index (χ3v) is 8.38. The van der Waals surface area contributed by atoms with Gasteiger partial charge in [0.1, 0.15) is 0 Å². The normalized spacial score (nSPS) is 17.4. The molecule has 0 saturated carbocycles. The summed E-state index contributed by atoms with van der Waals surface area (Å²) < 4.78 is 28.3. The first kappa shape index (κ1) is 20.0. The molecule has 1 atom stereocenters. The molecule has 0 bridgehead atoms. The van der Waals surface area contributed by atoms with Crippen LogP contribution in [0.5, 0.6) is 0 Å². The summed E-state index contributed by atoms with van der Waals surface area (Å²) in [4.78, 5) is 2.38. The van der Waals surface area contributed by atoms with Gasteiger partial charge in [-0.25, -0.2) is 8.42 Å². The molecule has 3 aromatic carbocycles. The summed E-state index contributed by atoms with van der Waals surface area (Å²) in [7, 11) is 0.431. The van der Waals surface area contributed by atoms with E-state index >= 15 is 0 Å². The Labute approximate surface area is 177 Å². The van der Waals surface area contributed by atoms with E-state index in [1.165, 1.54) is 0 Å². The van der Waals surface area contributed by atoms with E-state index in [1.54, 1.807) is 28.2 Å². The molecule has 4 nitrogen and oxygen atoms in total. The molecule has 0 N–H and O–H groups in total. The summed E-state index contributed by atoms with van der Waals surface area (Å²) in [5.41, 5.74) is 4.20. The van der Waals surface area contributed by atoms with Crippen LogP contribution in [0.4, 0.5) is 5.69 Å². The maximum Gasteiger partial charge on any atom is 0.244 e. The van der Waals surface area contributed by atoms with Gasteiger partial charge in [0, 0.05) is 32.1 Å². The lowest BCUT2D eigenvalue weighted by Crippen LogP contribution is -2.30. The zero-order chi connectivity index (χ0) is 20.4. The standard InChI is InChI=1S/C23H24N2O2S2/c1-24(2)21-12-8-20(9-13-21)23-25(16-17-28-23)29(26,27)22-14-10-19(11-15-22)18-6-4-3-5-7-18/h3-15,23H,16-17H2,1-2H3. The molecule has 150 valence electrons. The van der Waals surface area contributed by atoms with Crippen molar-refractivity contribution in [1.82, 2.24) is 4.31 Å². The Bertz CT molecular complexity index is 1060. The van der Waals surface area contributed by atoms with Crippen LogP contribution in [0, 0.1) is 0 Å². The minimum absolute atomic E-state index is 0.190. The SMILES string of the molecule is CN(C)c1ccc(C2SCCN2S(=O)(=O)c2ccc(-c3ccccc3)cc2)cc1. The van der Waals surface area contributed by atoms with E-state index in [2.05, 4.69) is 0 Å². The van der Waals surface area contributed by atoms with Crippen molar-refractivity contribution in [1.29, 1.82) is 0 Å². The summed E-state index contributed by atoms with van der Waals surface area (Å²) in [6, 6.07) is 25.3. The molecule has 29 heavy (non-hydrogen) atoms. The highest BCUT2D eigenvalue weighted by Crippen LogP contribution is 2.41. The van der Waals surface area contributed by atoms with Gasteiger partial charge in [-0.1, -0.05) is 54.6 Å². The fourth-order valence-electron chi connectivity index (χ4n) is 3.49. The number of anilines is 1. The van der Waals surface area contributed by atoms with Crippen molar-refractivity contribution in [3.05, 3.63) is 84.4 Å². The summed E-state index contributed by atoms with van der Waals surface area (Å²) in [5, 5.41) is -0.190. The van der Waals surface area contributed by atoms with Gasteiger partial charge in [0.2, 0.25) is 10.0 Å². The lowest BCUT2D eigenvalue weighted by Gasteiger charge is -2.24. The highest BCUT2D eigenvalue weighted by atomic mass is 32.2. The second-order valence-electron chi connectivity index (χ2n) is 7.22. The fraction of sp³-hybridized carbons (Fsp3) is 0.217. The monoisotopic (exact) mass is 424 g/mol. The van der Waals surface area contributed by atoms with Crippen molar-refractivity contribution in [3.8, 4) is 11.1 Å². The molecule has 1 fully saturated rings. The van der Waals surface area contributed by atoms with Crippen molar-refractivity contribution in [2.75, 3.05) is 31.3 Å². The Morgan fingerprint density at radius 3 is 2.10 bits per heavy atom. The van der Waals surface area contributed by atoms with Crippen LogP contribution in [-0.4, -0.2) is 39.1 Å². The van der Waals surface area contributed by atoms with Gasteiger partial charge in [-0.2, -0.15) is 4.31 Å². The first-order valence-electron chi connectivity index (χ1n) is 9.53. The lowest BCUT2D eigenvalue weighted by molar-refractivity contribution is 0.434. The lowest BCUT2D eigenvalue weighted by atomic mass is 10.1. The molecule has 0 amide bonds. The predicted molar refractivity (Wildman–Crippen MR) is 122 cm³/mol. The number of benzene rings is 3. The second-order valence-corrected chi connectivity index (χ2v) is 10.3. The van der Waals surface area contributed by atoms with E-state index in [0.717, 1.165) is 28.1 Å². The van der Waals surface area contributed by atoms with Crippen molar-refractivity contribution >= 4 is 27.5 Å². The van der Waals surface area contributed by atoms with Crippen LogP contribution in [0.2, 0.25) is 0 Å². The number of hydrogen-bond acceptors (Lipinski definition) is 4. The summed E-state index contributed by atoms with van der Waals surface area (Å²) >= 11 is 1.67. The van der Waals surface area contributed by atoms with E-state index < -0.39 is 10.0 Å². The minimum Gasteiger partial charge on any atom is -0.378 e. The molecule has 0 aliphatic carbocycles. The van der Waals surface area contributed by atoms with Gasteiger partial charge in [-0.3, -0.25) is 0 Å². The van der Waals surface area contributed by atoms with Crippen LogP contribution in [0.1, 0.15) is 10.9 Å². The van der Waals surface area contributed by atoms with Crippen LogP contribution < -0.4 is 4.90 Å². The first-order valence-corrected chi connectivity index (χ1v) is 12.0. The van der Waals surface area contributed by atoms with E-state index in [0.29, 0.717) is 11.4 Å². The molecule has 3 aromatic rings. The van der Waals surface area contributed by atoms with Gasteiger partial charge in [0.15, 0.2) is 0 Å². The van der Waals surface area contributed by atoms with Crippen molar-refractivity contribution in [2.45, 2.75) is 10.3 Å². The van der Waals surface area contributed by atoms with E-state index in [1.807, 2.05) is 85.7 Å². The molecular weight excluding hydrogens is 400 g/mol. The molecule has 1 saturated heterocycles. The Balaban J connectivity index is 1.60. The average molecular weight is 425 g/mol. The third-order valence-electron chi connectivity index (χ3n) is 5.11. The molecule has 1 aliphatic heterocycles. The minimum atomic E-state index is -3.56. The third kappa shape index (κ3) is 4.06. The molecule has 0 aromatic heterocycles. The topological polar surface area (TPSA) is 40.6 Å². The van der Waals surface area contributed by atoms with Gasteiger partial charge >= 0.3 is 0 Å². The Morgan fingerprint density at radius 1 is 0.862 bits per heavy atom. The summed E-state index contributed by atoms with van der Waals surface area (Å²) in [6.45, 7) is 0.521. The molecule has 1 unspecified atom stereocenters. The van der Waals surface area contributed by atoms with Crippen molar-refractivity contribution < 1.29 is 8.42 Å². The fourth-order valence-corrected chi connectivity index (χ4v) is 6.73. The largest absolute Gasteiger partial charge is 0.378 e. The molecule has 1 heterocycles. The van der Waals surface area contributed by atoms with Gasteiger partial charge < -0.3 is 4.90 Å². The van der Waals surface area contributed by atoms with E-state index in [9.17, 15) is 8.42 Å². The Kier molecular flexibility index (Phi) is 5.67. The highest BCUT2D eigenvalue weighted by Gasteiger charge is 2.36. The Morgan fingerprint density at radius 2 is 1.48 bits per heavy atom. The van der Waals surface area contributed by atoms with Gasteiger partial charge in [-0.15, -0.1) is 11.8 Å². The zero-order valence-corrected chi connectivity index (χ0v) is 18.2. The quantitative estimate of drug-likeness (QED) is 0.587. The molecular formula is C23H24N2O2S2. The number of sulfonamides is 1. The number of rotatable bonds is 5. The molecule has 1 aliphatic rings. The number of nitrogens with zero attached hydrogens (tertiary/aromatic N) is 2. The van der Waals surface area contributed by atoms with E-state index in [-0.39, 0.29) is 5.37 Å². The van der Waals surface area contributed by atoms with Crippen molar-refractivity contribution in [2.24, 2.45) is 0 Å². The summed E-state index contributed by atoms with van der Waals surface area (Å²) in [6.07, 6.45) is 0. The van der Waals surface area contributed by atoms with Crippen LogP contribution in [-0.2, 0) is 10.0 Å². The number of thioether (sulfide) groups is 1. The number of hydrogen-bond donors (Lipinski definition) is 0. The highest BCUT2D eigenvalue weighted by molar-refractivity contribution is 8.01. The zero-order valence-electron chi connectivity index (χ0n) is 16.5. The molecule has 6 heteroatoms. The second kappa shape index (κ2) is 8.22. The van der Waals surface area contributed by atoms with Gasteiger partial charge in [0.05, 0.1) is 10.3 Å². The predicted octanol–water partition coefficient (Wildman–Crippen LogP) is 4.86. The average Bonchev–Trinajstić information content (AvgIpc) is 3.25. The summed E-state index contributed by atoms with van der Waals surface area (Å²) in [5.74, 6) is 0.793. The first-order chi connectivity index (χ1) is 14.0. The molecule has 0 radical (unpaired) electrons. The van der Waals surface area contributed by atoms with Gasteiger partial charge in [-0.05, 0) is 41.0 Å². The van der Waals surface area contributed by atoms with E-state index in [4.69, 9.17) is 0 Å². The maximum atomic E-state index is 13.3. The van der Waals surface area contributed by atoms with Gasteiger partial charge in [0.25, 0.3) is 0 Å².